The summed E-state index contributed by atoms with van der Waals surface area (Å²) in [6.07, 6.45) is 0.891. The second-order valence-corrected chi connectivity index (χ2v) is 9.02. The van der Waals surface area contributed by atoms with Crippen LogP contribution in [0.2, 0.25) is 0 Å². The number of anilines is 2. The fourth-order valence-corrected chi connectivity index (χ4v) is 3.86. The molecule has 2 aromatic rings. The van der Waals surface area contributed by atoms with E-state index in [0.29, 0.717) is 5.69 Å². The average Bonchev–Trinajstić information content (AvgIpc) is 2.76. The number of benzene rings is 2. The number of non-ortho nitro benzene ring substituents is 1. The molecule has 1 amide bonds. The van der Waals surface area contributed by atoms with Crippen molar-refractivity contribution < 1.29 is 33.1 Å². The average molecular weight is 496 g/mol. The zero-order chi connectivity index (χ0) is 25.5. The number of nitrogens with zero attached hydrogens (tertiary/aromatic N) is 4. The molecule has 0 aromatic heterocycles. The first-order valence-electron chi connectivity index (χ1n) is 9.88. The number of amides is 1. The van der Waals surface area contributed by atoms with Crippen LogP contribution in [0, 0.1) is 10.1 Å². The topological polar surface area (TPSA) is 184 Å². The third-order valence-electron chi connectivity index (χ3n) is 4.51. The lowest BCUT2D eigenvalue weighted by Crippen LogP contribution is -2.30. The fraction of sp³-hybridized carbons (Fsp3) is 0.350. The number of carbonyl (C=O) groups is 1. The molecule has 13 nitrogen and oxygen atoms in total. The molecule has 0 unspecified atom stereocenters. The highest BCUT2D eigenvalue weighted by Crippen LogP contribution is 2.40. The smallest absolute Gasteiger partial charge is 0.270 e. The van der Waals surface area contributed by atoms with Gasteiger partial charge in [0.2, 0.25) is 5.91 Å². The van der Waals surface area contributed by atoms with E-state index in [1.54, 1.807) is 4.90 Å². The quantitative estimate of drug-likeness (QED) is 0.239. The van der Waals surface area contributed by atoms with Crippen LogP contribution >= 0.6 is 0 Å². The van der Waals surface area contributed by atoms with E-state index in [1.807, 2.05) is 0 Å². The van der Waals surface area contributed by atoms with Gasteiger partial charge in [-0.25, -0.2) is 8.42 Å². The van der Waals surface area contributed by atoms with Crippen LogP contribution in [-0.4, -0.2) is 69.1 Å². The first-order chi connectivity index (χ1) is 16.0. The van der Waals surface area contributed by atoms with Crippen molar-refractivity contribution in [1.29, 1.82) is 0 Å². The van der Waals surface area contributed by atoms with Crippen LogP contribution in [0.5, 0.6) is 5.75 Å². The van der Waals surface area contributed by atoms with Crippen molar-refractivity contribution in [3.05, 3.63) is 40.4 Å². The molecule has 0 spiro atoms. The minimum absolute atomic E-state index is 0.113. The molecule has 184 valence electrons. The van der Waals surface area contributed by atoms with E-state index < -0.39 is 26.4 Å². The van der Waals surface area contributed by atoms with Gasteiger partial charge in [-0.05, 0) is 12.1 Å². The summed E-state index contributed by atoms with van der Waals surface area (Å²) in [4.78, 5) is 23.3. The lowest BCUT2D eigenvalue weighted by atomic mass is 10.2. The Morgan fingerprint density at radius 2 is 1.76 bits per heavy atom. The predicted molar refractivity (Wildman–Crippen MR) is 124 cm³/mol. The van der Waals surface area contributed by atoms with Gasteiger partial charge in [0.15, 0.2) is 9.84 Å². The Morgan fingerprint density at radius 3 is 2.26 bits per heavy atom. The van der Waals surface area contributed by atoms with Gasteiger partial charge in [0.05, 0.1) is 36.6 Å². The molecule has 0 atom stereocenters. The molecule has 2 rings (SSSR count). The minimum atomic E-state index is -3.87. The Labute approximate surface area is 195 Å². The largest absolute Gasteiger partial charge is 0.494 e. The van der Waals surface area contributed by atoms with Crippen molar-refractivity contribution in [2.24, 2.45) is 10.2 Å². The third kappa shape index (κ3) is 6.69. The first-order valence-corrected chi connectivity index (χ1v) is 11.8. The second kappa shape index (κ2) is 11.5. The molecule has 0 aliphatic heterocycles. The molecule has 0 saturated heterocycles. The maximum absolute atomic E-state index is 12.1. The number of rotatable bonds is 11. The van der Waals surface area contributed by atoms with Crippen LogP contribution in [0.1, 0.15) is 6.92 Å². The zero-order valence-corrected chi connectivity index (χ0v) is 19.6. The van der Waals surface area contributed by atoms with E-state index in [9.17, 15) is 33.5 Å². The van der Waals surface area contributed by atoms with E-state index in [4.69, 9.17) is 4.74 Å². The highest BCUT2D eigenvalue weighted by molar-refractivity contribution is 7.90. The van der Waals surface area contributed by atoms with Gasteiger partial charge in [0, 0.05) is 44.5 Å². The number of hydrogen-bond acceptors (Lipinski definition) is 11. The van der Waals surface area contributed by atoms with E-state index in [0.717, 1.165) is 24.5 Å². The molecule has 3 N–H and O–H groups in total. The van der Waals surface area contributed by atoms with Gasteiger partial charge in [-0.2, -0.15) is 0 Å². The maximum Gasteiger partial charge on any atom is 0.270 e. The minimum Gasteiger partial charge on any atom is -0.494 e. The van der Waals surface area contributed by atoms with Crippen molar-refractivity contribution in [2.45, 2.75) is 11.8 Å². The summed E-state index contributed by atoms with van der Waals surface area (Å²) in [5.74, 6) is -0.132. The molecule has 0 heterocycles. The normalized spacial score (nSPS) is 11.4. The number of hydrogen-bond donors (Lipinski definition) is 3. The van der Waals surface area contributed by atoms with E-state index in [-0.39, 0.29) is 54.0 Å². The molecular formula is C20H25N5O8S. The second-order valence-electron chi connectivity index (χ2n) is 7.04. The molecule has 0 radical (unpaired) electrons. The van der Waals surface area contributed by atoms with Gasteiger partial charge < -0.3 is 25.2 Å². The third-order valence-corrected chi connectivity index (χ3v) is 5.63. The van der Waals surface area contributed by atoms with Crippen molar-refractivity contribution in [3.8, 4) is 5.75 Å². The van der Waals surface area contributed by atoms with Crippen molar-refractivity contribution >= 4 is 44.2 Å². The van der Waals surface area contributed by atoms with Crippen molar-refractivity contribution in [1.82, 2.24) is 0 Å². The van der Waals surface area contributed by atoms with Crippen LogP contribution in [0.4, 0.5) is 28.4 Å². The van der Waals surface area contributed by atoms with Crippen molar-refractivity contribution in [3.63, 3.8) is 0 Å². The van der Waals surface area contributed by atoms with Gasteiger partial charge in [-0.15, -0.1) is 10.2 Å². The number of nitro groups is 1. The monoisotopic (exact) mass is 495 g/mol. The molecule has 2 aromatic carbocycles. The summed E-state index contributed by atoms with van der Waals surface area (Å²) in [5, 5.41) is 40.4. The summed E-state index contributed by atoms with van der Waals surface area (Å²) >= 11 is 0. The Morgan fingerprint density at radius 1 is 1.15 bits per heavy atom. The van der Waals surface area contributed by atoms with Crippen LogP contribution in [0.15, 0.2) is 45.5 Å². The number of carbonyl (C=O) groups excluding carboxylic acids is 1. The Bertz CT molecular complexity index is 1190. The maximum atomic E-state index is 12.1. The van der Waals surface area contributed by atoms with Crippen LogP contribution < -0.4 is 15.0 Å². The summed E-state index contributed by atoms with van der Waals surface area (Å²) in [7, 11) is -2.48. The lowest BCUT2D eigenvalue weighted by molar-refractivity contribution is -0.385. The summed E-state index contributed by atoms with van der Waals surface area (Å²) < 4.78 is 29.7. The van der Waals surface area contributed by atoms with Crippen LogP contribution in [-0.2, 0) is 14.6 Å². The summed E-state index contributed by atoms with van der Waals surface area (Å²) in [6, 6.07) is 6.11. The van der Waals surface area contributed by atoms with Crippen LogP contribution in [0.25, 0.3) is 0 Å². The molecule has 0 saturated carbocycles. The molecule has 0 fully saturated rings. The molecule has 14 heteroatoms. The van der Waals surface area contributed by atoms with E-state index in [2.05, 4.69) is 15.5 Å². The number of methoxy groups -OCH3 is 1. The number of aliphatic hydroxyl groups is 2. The summed E-state index contributed by atoms with van der Waals surface area (Å²) in [5.41, 5.74) is 0.224. The number of azo groups is 1. The molecular weight excluding hydrogens is 470 g/mol. The number of aliphatic hydroxyl groups excluding tert-OH is 2. The zero-order valence-electron chi connectivity index (χ0n) is 18.8. The predicted octanol–water partition coefficient (Wildman–Crippen LogP) is 2.17. The molecule has 34 heavy (non-hydrogen) atoms. The fourth-order valence-electron chi connectivity index (χ4n) is 3.04. The van der Waals surface area contributed by atoms with Crippen molar-refractivity contribution in [2.75, 3.05) is 49.9 Å². The number of ether oxygens (including phenoxy) is 1. The van der Waals surface area contributed by atoms with Crippen LogP contribution in [0.3, 0.4) is 0 Å². The van der Waals surface area contributed by atoms with E-state index >= 15 is 0 Å². The Kier molecular flexibility index (Phi) is 9.00. The Hall–Kier alpha value is -3.62. The Balaban J connectivity index is 2.65. The highest BCUT2D eigenvalue weighted by atomic mass is 32.2. The summed E-state index contributed by atoms with van der Waals surface area (Å²) in [6.45, 7) is 1.24. The standard InChI is InChI=1S/C20H25N5O8S/c1-13(28)21-16-11-18(24(6-8-26)7-9-27)19(33-2)12-17(16)23-22-15-5-4-14(25(29)30)10-20(15)34(3,31)32/h4-5,10-12,26-27H,6-9H2,1-3H3,(H,21,28). The van der Waals surface area contributed by atoms with Gasteiger partial charge >= 0.3 is 0 Å². The molecule has 0 aliphatic carbocycles. The van der Waals surface area contributed by atoms with Gasteiger partial charge in [0.25, 0.3) is 5.69 Å². The highest BCUT2D eigenvalue weighted by Gasteiger charge is 2.20. The molecule has 0 bridgehead atoms. The first kappa shape index (κ1) is 26.6. The molecule has 0 aliphatic rings. The SMILES string of the molecule is COc1cc(N=Nc2ccc([N+](=O)[O-])cc2S(C)(=O)=O)c(NC(C)=O)cc1N(CCO)CCO. The van der Waals surface area contributed by atoms with E-state index in [1.165, 1.54) is 26.2 Å². The van der Waals surface area contributed by atoms with Gasteiger partial charge in [-0.1, -0.05) is 0 Å². The van der Waals surface area contributed by atoms with Gasteiger partial charge in [-0.3, -0.25) is 14.9 Å². The van der Waals surface area contributed by atoms with Gasteiger partial charge in [0.1, 0.15) is 22.0 Å². The lowest BCUT2D eigenvalue weighted by Gasteiger charge is -2.26. The number of nitrogens with one attached hydrogen (secondary N) is 1. The number of sulfone groups is 1. The number of nitro benzene ring substituents is 1.